The molecule has 6 nitrogen and oxygen atoms in total. The average Bonchev–Trinajstić information content (AvgIpc) is 2.80. The van der Waals surface area contributed by atoms with Gasteiger partial charge in [0.25, 0.3) is 11.8 Å². The van der Waals surface area contributed by atoms with Gasteiger partial charge in [0, 0.05) is 29.9 Å². The van der Waals surface area contributed by atoms with Crippen LogP contribution in [0.4, 0.5) is 5.69 Å². The summed E-state index contributed by atoms with van der Waals surface area (Å²) >= 11 is 0. The van der Waals surface area contributed by atoms with E-state index in [4.69, 9.17) is 0 Å². The highest BCUT2D eigenvalue weighted by atomic mass is 16.3. The number of anilines is 1. The highest BCUT2D eigenvalue weighted by molar-refractivity contribution is 6.07. The van der Waals surface area contributed by atoms with Gasteiger partial charge >= 0.3 is 0 Å². The number of pyridine rings is 1. The molecule has 5 rings (SSSR count). The minimum Gasteiger partial charge on any atom is -0.394 e. The van der Waals surface area contributed by atoms with Crippen molar-refractivity contribution in [1.82, 2.24) is 9.88 Å². The molecule has 1 N–H and O–H groups in total. The Kier molecular flexibility index (Phi) is 4.56. The summed E-state index contributed by atoms with van der Waals surface area (Å²) in [5.41, 5.74) is 2.78. The highest BCUT2D eigenvalue weighted by Crippen LogP contribution is 2.48. The van der Waals surface area contributed by atoms with Crippen LogP contribution in [0.2, 0.25) is 0 Å². The van der Waals surface area contributed by atoms with Gasteiger partial charge in [0.2, 0.25) is 0 Å². The number of amides is 2. The van der Waals surface area contributed by atoms with Crippen molar-refractivity contribution in [3.8, 4) is 0 Å². The molecule has 0 unspecified atom stereocenters. The maximum atomic E-state index is 13.3. The molecule has 6 heteroatoms. The summed E-state index contributed by atoms with van der Waals surface area (Å²) in [7, 11) is 0. The number of benzene rings is 2. The number of carbonyl (C=O) groups excluding carboxylic acids is 2. The Hall–Kier alpha value is -3.51. The van der Waals surface area contributed by atoms with Gasteiger partial charge in [-0.1, -0.05) is 42.5 Å². The molecule has 2 aliphatic rings. The van der Waals surface area contributed by atoms with Gasteiger partial charge in [-0.25, -0.2) is 0 Å². The fourth-order valence-corrected chi connectivity index (χ4v) is 4.72. The van der Waals surface area contributed by atoms with Gasteiger partial charge in [-0.05, 0) is 35.9 Å². The van der Waals surface area contributed by atoms with Crippen LogP contribution in [0, 0.1) is 0 Å². The van der Waals surface area contributed by atoms with Gasteiger partial charge in [-0.2, -0.15) is 0 Å². The summed E-state index contributed by atoms with van der Waals surface area (Å²) in [5.74, 6) is -0.333. The first-order chi connectivity index (χ1) is 14.7. The second-order valence-corrected chi connectivity index (χ2v) is 7.61. The molecule has 30 heavy (non-hydrogen) atoms. The van der Waals surface area contributed by atoms with Crippen molar-refractivity contribution in [3.63, 3.8) is 0 Å². The van der Waals surface area contributed by atoms with E-state index in [1.54, 1.807) is 46.3 Å². The first-order valence-corrected chi connectivity index (χ1v) is 10.0. The van der Waals surface area contributed by atoms with Gasteiger partial charge in [-0.15, -0.1) is 0 Å². The van der Waals surface area contributed by atoms with Gasteiger partial charge in [0.15, 0.2) is 0 Å². The van der Waals surface area contributed by atoms with Crippen LogP contribution in [0.15, 0.2) is 79.0 Å². The molecule has 0 aliphatic carbocycles. The summed E-state index contributed by atoms with van der Waals surface area (Å²) < 4.78 is 0. The van der Waals surface area contributed by atoms with E-state index >= 15 is 0 Å². The summed E-state index contributed by atoms with van der Waals surface area (Å²) in [6.07, 6.45) is 1.58. The Labute approximate surface area is 174 Å². The third-order valence-electron chi connectivity index (χ3n) is 6.07. The largest absolute Gasteiger partial charge is 0.394 e. The predicted octanol–water partition coefficient (Wildman–Crippen LogP) is 2.71. The maximum absolute atomic E-state index is 13.3. The van der Waals surface area contributed by atoms with Crippen molar-refractivity contribution in [2.24, 2.45) is 0 Å². The molecule has 2 aliphatic heterocycles. The van der Waals surface area contributed by atoms with E-state index in [9.17, 15) is 14.7 Å². The molecule has 2 amide bonds. The molecule has 3 aromatic rings. The first-order valence-electron chi connectivity index (χ1n) is 10.0. The van der Waals surface area contributed by atoms with Crippen molar-refractivity contribution in [2.45, 2.75) is 18.0 Å². The van der Waals surface area contributed by atoms with Crippen LogP contribution in [-0.2, 0) is 0 Å². The van der Waals surface area contributed by atoms with E-state index in [2.05, 4.69) is 4.98 Å². The van der Waals surface area contributed by atoms with Crippen molar-refractivity contribution in [2.75, 3.05) is 18.1 Å². The lowest BCUT2D eigenvalue weighted by Gasteiger charge is -2.58. The number of hydrogen-bond acceptors (Lipinski definition) is 4. The van der Waals surface area contributed by atoms with Gasteiger partial charge < -0.3 is 14.9 Å². The van der Waals surface area contributed by atoms with Crippen LogP contribution in [0.25, 0.3) is 0 Å². The molecular weight excluding hydrogens is 378 g/mol. The molecule has 150 valence electrons. The summed E-state index contributed by atoms with van der Waals surface area (Å²) in [5, 5.41) is 10.1. The quantitative estimate of drug-likeness (QED) is 0.735. The van der Waals surface area contributed by atoms with Crippen LogP contribution in [0.1, 0.15) is 32.3 Å². The van der Waals surface area contributed by atoms with Crippen molar-refractivity contribution in [3.05, 3.63) is 95.8 Å². The molecule has 3 atom stereocenters. The minimum absolute atomic E-state index is 0.0151. The Morgan fingerprint density at radius 3 is 2.40 bits per heavy atom. The normalized spacial score (nSPS) is 22.0. The molecule has 0 saturated carbocycles. The zero-order valence-electron chi connectivity index (χ0n) is 16.3. The van der Waals surface area contributed by atoms with E-state index in [-0.39, 0.29) is 36.4 Å². The molecule has 0 bridgehead atoms. The number of aliphatic hydroxyl groups is 1. The molecule has 0 radical (unpaired) electrons. The third kappa shape index (κ3) is 2.80. The lowest BCUT2D eigenvalue weighted by atomic mass is 9.71. The number of aliphatic hydroxyl groups excluding tert-OH is 1. The molecule has 0 spiro atoms. The topological polar surface area (TPSA) is 73.7 Å². The Morgan fingerprint density at radius 2 is 1.67 bits per heavy atom. The summed E-state index contributed by atoms with van der Waals surface area (Å²) in [6, 6.07) is 21.6. The number of likely N-dealkylation sites (tertiary alicyclic amines) is 1. The number of hydrogen-bond donors (Lipinski definition) is 1. The van der Waals surface area contributed by atoms with E-state index in [1.807, 2.05) is 42.5 Å². The minimum atomic E-state index is -0.334. The van der Waals surface area contributed by atoms with Gasteiger partial charge in [-0.3, -0.25) is 14.6 Å². The van der Waals surface area contributed by atoms with Crippen LogP contribution >= 0.6 is 0 Å². The second-order valence-electron chi connectivity index (χ2n) is 7.61. The molecular formula is C24H21N3O3. The predicted molar refractivity (Wildman–Crippen MR) is 112 cm³/mol. The lowest BCUT2D eigenvalue weighted by Crippen LogP contribution is -2.70. The fraction of sp³-hybridized carbons (Fsp3) is 0.208. The van der Waals surface area contributed by atoms with Gasteiger partial charge in [0.05, 0.1) is 18.7 Å². The molecule has 1 saturated heterocycles. The zero-order valence-corrected chi connectivity index (χ0v) is 16.3. The van der Waals surface area contributed by atoms with Crippen molar-refractivity contribution < 1.29 is 14.7 Å². The SMILES string of the molecule is O=C(c1ccccc1)N1C[C@@H]2[C@H](c3ccccc31)[C@H](CO)N2C(=O)c1ccccn1. The van der Waals surface area contributed by atoms with Gasteiger partial charge in [0.1, 0.15) is 5.69 Å². The highest BCUT2D eigenvalue weighted by Gasteiger charge is 2.55. The van der Waals surface area contributed by atoms with E-state index in [1.165, 1.54) is 0 Å². The van der Waals surface area contributed by atoms with E-state index < -0.39 is 0 Å². The summed E-state index contributed by atoms with van der Waals surface area (Å²) in [6.45, 7) is 0.241. The van der Waals surface area contributed by atoms with Crippen molar-refractivity contribution >= 4 is 17.5 Å². The average molecular weight is 399 g/mol. The Balaban J connectivity index is 1.54. The fourth-order valence-electron chi connectivity index (χ4n) is 4.72. The zero-order chi connectivity index (χ0) is 20.7. The molecule has 3 heterocycles. The standard InChI is InChI=1S/C24H21N3O3/c28-15-21-22-17-10-4-5-12-19(17)26(23(29)16-8-2-1-3-9-16)14-20(22)27(21)24(30)18-11-6-7-13-25-18/h1-13,20-22,28H,14-15H2/t20-,21+,22+/m1/s1. The smallest absolute Gasteiger partial charge is 0.273 e. The Bertz CT molecular complexity index is 1090. The number of aromatic nitrogens is 1. The number of rotatable bonds is 3. The summed E-state index contributed by atoms with van der Waals surface area (Å²) in [4.78, 5) is 34.1. The van der Waals surface area contributed by atoms with Crippen molar-refractivity contribution in [1.29, 1.82) is 0 Å². The number of carbonyl (C=O) groups is 2. The van der Waals surface area contributed by atoms with Crippen LogP contribution in [0.3, 0.4) is 0 Å². The first kappa shape index (κ1) is 18.5. The number of para-hydroxylation sites is 1. The maximum Gasteiger partial charge on any atom is 0.273 e. The monoisotopic (exact) mass is 399 g/mol. The number of fused-ring (bicyclic) bond motifs is 3. The third-order valence-corrected chi connectivity index (χ3v) is 6.07. The molecule has 1 fully saturated rings. The molecule has 1 aromatic heterocycles. The Morgan fingerprint density at radius 1 is 0.933 bits per heavy atom. The van der Waals surface area contributed by atoms with Crippen LogP contribution in [-0.4, -0.2) is 52.0 Å². The van der Waals surface area contributed by atoms with Crippen LogP contribution < -0.4 is 4.90 Å². The van der Waals surface area contributed by atoms with E-state index in [0.29, 0.717) is 17.8 Å². The van der Waals surface area contributed by atoms with E-state index in [0.717, 1.165) is 11.3 Å². The van der Waals surface area contributed by atoms with Crippen LogP contribution in [0.5, 0.6) is 0 Å². The second kappa shape index (κ2) is 7.39. The number of nitrogens with zero attached hydrogens (tertiary/aromatic N) is 3. The molecule has 2 aromatic carbocycles. The lowest BCUT2D eigenvalue weighted by molar-refractivity contribution is -0.0250.